The minimum atomic E-state index is -0.296. The van der Waals surface area contributed by atoms with E-state index in [1.165, 1.54) is 6.33 Å². The molecule has 5 N–H and O–H groups in total. The van der Waals surface area contributed by atoms with Crippen LogP contribution in [0.2, 0.25) is 0 Å². The molecule has 1 aromatic carbocycles. The van der Waals surface area contributed by atoms with Crippen LogP contribution in [0.3, 0.4) is 0 Å². The van der Waals surface area contributed by atoms with Crippen LogP contribution >= 0.6 is 0 Å². The highest BCUT2D eigenvalue weighted by atomic mass is 16.3. The molecular weight excluding hydrogens is 406 g/mol. The van der Waals surface area contributed by atoms with Gasteiger partial charge in [0.05, 0.1) is 23.1 Å². The SMILES string of the molecule is N#Cc1ccc([C@H](CCO)NC(=O)CCCN(CCCN)c2ncnc3[nH]ccc23)cc1. The van der Waals surface area contributed by atoms with E-state index in [1.807, 2.05) is 24.4 Å². The molecular formula is C23H29N7O2. The maximum atomic E-state index is 12.6. The molecule has 2 aromatic heterocycles. The molecule has 9 heteroatoms. The van der Waals surface area contributed by atoms with Gasteiger partial charge in [-0.2, -0.15) is 5.26 Å². The summed E-state index contributed by atoms with van der Waals surface area (Å²) in [6.07, 6.45) is 5.59. The fourth-order valence-electron chi connectivity index (χ4n) is 3.65. The molecule has 1 atom stereocenters. The first-order valence-electron chi connectivity index (χ1n) is 10.8. The van der Waals surface area contributed by atoms with Crippen LogP contribution in [0.4, 0.5) is 5.82 Å². The number of nitrogens with one attached hydrogen (secondary N) is 2. The highest BCUT2D eigenvalue weighted by Gasteiger charge is 2.16. The minimum absolute atomic E-state index is 0.0435. The molecule has 0 fully saturated rings. The third-order valence-electron chi connectivity index (χ3n) is 5.29. The van der Waals surface area contributed by atoms with Crippen LogP contribution in [-0.4, -0.2) is 52.2 Å². The topological polar surface area (TPSA) is 144 Å². The van der Waals surface area contributed by atoms with E-state index in [-0.39, 0.29) is 18.6 Å². The second-order valence-electron chi connectivity index (χ2n) is 7.54. The van der Waals surface area contributed by atoms with Crippen molar-refractivity contribution in [3.8, 4) is 6.07 Å². The second-order valence-corrected chi connectivity index (χ2v) is 7.54. The number of nitrogens with zero attached hydrogens (tertiary/aromatic N) is 4. The Morgan fingerprint density at radius 1 is 1.22 bits per heavy atom. The number of aliphatic hydroxyl groups excluding tert-OH is 1. The van der Waals surface area contributed by atoms with Crippen LogP contribution in [0.1, 0.15) is 42.9 Å². The van der Waals surface area contributed by atoms with Crippen molar-refractivity contribution in [3.05, 3.63) is 54.0 Å². The van der Waals surface area contributed by atoms with Crippen molar-refractivity contribution in [3.63, 3.8) is 0 Å². The van der Waals surface area contributed by atoms with E-state index in [1.54, 1.807) is 12.1 Å². The number of hydrogen-bond acceptors (Lipinski definition) is 7. The van der Waals surface area contributed by atoms with Crippen molar-refractivity contribution in [2.75, 3.05) is 31.1 Å². The van der Waals surface area contributed by atoms with Crippen molar-refractivity contribution in [2.24, 2.45) is 5.73 Å². The lowest BCUT2D eigenvalue weighted by Gasteiger charge is -2.24. The summed E-state index contributed by atoms with van der Waals surface area (Å²) in [6.45, 7) is 1.93. The Kier molecular flexibility index (Phi) is 8.54. The molecule has 0 aliphatic heterocycles. The number of anilines is 1. The van der Waals surface area contributed by atoms with Gasteiger partial charge in [0.15, 0.2) is 0 Å². The number of benzene rings is 1. The number of rotatable bonds is 12. The van der Waals surface area contributed by atoms with Gasteiger partial charge in [0.25, 0.3) is 0 Å². The Balaban J connectivity index is 1.60. The fraction of sp³-hybridized carbons (Fsp3) is 0.391. The highest BCUT2D eigenvalue weighted by Crippen LogP contribution is 2.23. The molecule has 3 rings (SSSR count). The Hall–Kier alpha value is -3.48. The third kappa shape index (κ3) is 6.03. The van der Waals surface area contributed by atoms with E-state index in [4.69, 9.17) is 11.0 Å². The molecule has 0 saturated carbocycles. The fourth-order valence-corrected chi connectivity index (χ4v) is 3.65. The van der Waals surface area contributed by atoms with Gasteiger partial charge in [0, 0.05) is 32.3 Å². The van der Waals surface area contributed by atoms with Gasteiger partial charge >= 0.3 is 0 Å². The molecule has 3 aromatic rings. The van der Waals surface area contributed by atoms with E-state index in [2.05, 4.69) is 31.2 Å². The zero-order valence-corrected chi connectivity index (χ0v) is 18.0. The largest absolute Gasteiger partial charge is 0.396 e. The Labute approximate surface area is 187 Å². The Morgan fingerprint density at radius 2 is 2.00 bits per heavy atom. The summed E-state index contributed by atoms with van der Waals surface area (Å²) in [6, 6.07) is 10.8. The number of carbonyl (C=O) groups excluding carboxylic acids is 1. The predicted molar refractivity (Wildman–Crippen MR) is 123 cm³/mol. The number of fused-ring (bicyclic) bond motifs is 1. The molecule has 0 aliphatic rings. The molecule has 32 heavy (non-hydrogen) atoms. The van der Waals surface area contributed by atoms with Gasteiger partial charge in [-0.25, -0.2) is 9.97 Å². The summed E-state index contributed by atoms with van der Waals surface area (Å²) < 4.78 is 0. The molecule has 0 unspecified atom stereocenters. The van der Waals surface area contributed by atoms with Gasteiger partial charge in [-0.3, -0.25) is 4.79 Å². The van der Waals surface area contributed by atoms with E-state index < -0.39 is 0 Å². The van der Waals surface area contributed by atoms with Crippen LogP contribution in [0, 0.1) is 11.3 Å². The summed E-state index contributed by atoms with van der Waals surface area (Å²) >= 11 is 0. The summed E-state index contributed by atoms with van der Waals surface area (Å²) in [7, 11) is 0. The van der Waals surface area contributed by atoms with Crippen molar-refractivity contribution >= 4 is 22.8 Å². The molecule has 0 bridgehead atoms. The van der Waals surface area contributed by atoms with Crippen molar-refractivity contribution < 1.29 is 9.90 Å². The number of aliphatic hydroxyl groups is 1. The van der Waals surface area contributed by atoms with E-state index in [9.17, 15) is 9.90 Å². The second kappa shape index (κ2) is 11.8. The van der Waals surface area contributed by atoms with E-state index in [0.29, 0.717) is 37.9 Å². The van der Waals surface area contributed by atoms with Crippen LogP contribution in [0.15, 0.2) is 42.9 Å². The number of hydrogen-bond donors (Lipinski definition) is 4. The summed E-state index contributed by atoms with van der Waals surface area (Å²) in [4.78, 5) is 26.6. The lowest BCUT2D eigenvalue weighted by atomic mass is 10.0. The van der Waals surface area contributed by atoms with Gasteiger partial charge in [-0.05, 0) is 49.6 Å². The molecule has 9 nitrogen and oxygen atoms in total. The molecule has 0 saturated heterocycles. The predicted octanol–water partition coefficient (Wildman–Crippen LogP) is 2.00. The van der Waals surface area contributed by atoms with Gasteiger partial charge in [-0.15, -0.1) is 0 Å². The summed E-state index contributed by atoms with van der Waals surface area (Å²) in [5, 5.41) is 22.3. The third-order valence-corrected chi connectivity index (χ3v) is 5.29. The highest BCUT2D eigenvalue weighted by molar-refractivity contribution is 5.87. The average Bonchev–Trinajstić information content (AvgIpc) is 3.30. The molecule has 0 spiro atoms. The van der Waals surface area contributed by atoms with Gasteiger partial charge in [0.1, 0.15) is 17.8 Å². The molecule has 168 valence electrons. The number of nitrogens with two attached hydrogens (primary N) is 1. The maximum Gasteiger partial charge on any atom is 0.220 e. The smallest absolute Gasteiger partial charge is 0.220 e. The maximum absolute atomic E-state index is 12.6. The van der Waals surface area contributed by atoms with Crippen LogP contribution in [-0.2, 0) is 4.79 Å². The van der Waals surface area contributed by atoms with Crippen molar-refractivity contribution in [1.82, 2.24) is 20.3 Å². The number of amides is 1. The molecule has 0 aliphatic carbocycles. The van der Waals surface area contributed by atoms with E-state index in [0.717, 1.165) is 35.4 Å². The summed E-state index contributed by atoms with van der Waals surface area (Å²) in [5.74, 6) is 0.752. The van der Waals surface area contributed by atoms with Gasteiger partial charge in [-0.1, -0.05) is 12.1 Å². The molecule has 1 amide bonds. The van der Waals surface area contributed by atoms with Crippen LogP contribution in [0.5, 0.6) is 0 Å². The standard InChI is InChI=1S/C23H29N7O2/c24-10-2-13-30(23-19-8-11-26-22(19)27-16-28-23)12-1-3-21(32)29-20(9-14-31)18-6-4-17(15-25)5-7-18/h4-8,11,16,20,31H,1-3,9-10,12-14,24H2,(H,29,32)(H,26,27,28)/t20-/m0/s1. The van der Waals surface area contributed by atoms with Crippen LogP contribution in [0.25, 0.3) is 11.0 Å². The van der Waals surface area contributed by atoms with E-state index >= 15 is 0 Å². The first-order valence-corrected chi connectivity index (χ1v) is 10.8. The quantitative estimate of drug-likeness (QED) is 0.340. The number of carbonyl (C=O) groups is 1. The zero-order chi connectivity index (χ0) is 22.8. The van der Waals surface area contributed by atoms with Crippen molar-refractivity contribution in [1.29, 1.82) is 5.26 Å². The Morgan fingerprint density at radius 3 is 2.72 bits per heavy atom. The number of aromatic amines is 1. The first-order chi connectivity index (χ1) is 15.7. The van der Waals surface area contributed by atoms with Gasteiger partial charge in [0.2, 0.25) is 5.91 Å². The minimum Gasteiger partial charge on any atom is -0.396 e. The molecule has 0 radical (unpaired) electrons. The van der Waals surface area contributed by atoms with Crippen LogP contribution < -0.4 is 16.0 Å². The Bertz CT molecular complexity index is 1040. The number of nitriles is 1. The normalized spacial score (nSPS) is 11.8. The monoisotopic (exact) mass is 435 g/mol. The number of H-pyrrole nitrogens is 1. The average molecular weight is 436 g/mol. The van der Waals surface area contributed by atoms with Gasteiger partial charge < -0.3 is 26.0 Å². The van der Waals surface area contributed by atoms with Crippen molar-refractivity contribution in [2.45, 2.75) is 31.7 Å². The first kappa shape index (κ1) is 23.2. The lowest BCUT2D eigenvalue weighted by Crippen LogP contribution is -2.32. The molecule has 2 heterocycles. The lowest BCUT2D eigenvalue weighted by molar-refractivity contribution is -0.122. The summed E-state index contributed by atoms with van der Waals surface area (Å²) in [5.41, 5.74) is 7.92. The zero-order valence-electron chi connectivity index (χ0n) is 18.0. The number of aromatic nitrogens is 3.